The summed E-state index contributed by atoms with van der Waals surface area (Å²) in [6, 6.07) is 10.8. The number of hydrogen-bond donors (Lipinski definition) is 1. The molecule has 2 fully saturated rings. The summed E-state index contributed by atoms with van der Waals surface area (Å²) in [7, 11) is 2.23. The van der Waals surface area contributed by atoms with Crippen molar-refractivity contribution in [1.82, 2.24) is 9.80 Å². The molecular weight excluding hydrogens is 356 g/mol. The van der Waals surface area contributed by atoms with Crippen molar-refractivity contribution >= 4 is 0 Å². The molecule has 1 aromatic rings. The molecular formula is C26H44N2O. The standard InChI is InChI=1S/C26H44N2O/c1-27-19-21-28(22-20-27)23-25-15-11-6-4-2-3-5-7-12-17-26(25,29)18-16-24-13-9-8-10-14-24/h8-10,13-14,25,29H,2-7,11-12,15-23H2,1H3. The van der Waals surface area contributed by atoms with Crippen molar-refractivity contribution in [3.8, 4) is 0 Å². The van der Waals surface area contributed by atoms with E-state index in [1.807, 2.05) is 0 Å². The zero-order valence-corrected chi connectivity index (χ0v) is 18.8. The SMILES string of the molecule is CN1CCN(CC2CCCCCCCCCCC2(O)CCc2ccccc2)CC1. The summed E-state index contributed by atoms with van der Waals surface area (Å²) in [5, 5.41) is 12.0. The van der Waals surface area contributed by atoms with Crippen LogP contribution in [0.3, 0.4) is 0 Å². The van der Waals surface area contributed by atoms with E-state index < -0.39 is 5.60 Å². The Kier molecular flexibility index (Phi) is 9.48. The molecule has 1 aliphatic heterocycles. The molecule has 1 N–H and O–H groups in total. The summed E-state index contributed by atoms with van der Waals surface area (Å²) in [4.78, 5) is 5.06. The molecule has 1 saturated carbocycles. The maximum absolute atomic E-state index is 12.0. The van der Waals surface area contributed by atoms with Crippen molar-refractivity contribution in [1.29, 1.82) is 0 Å². The predicted molar refractivity (Wildman–Crippen MR) is 123 cm³/mol. The Bertz CT molecular complexity index is 555. The van der Waals surface area contributed by atoms with E-state index in [9.17, 15) is 5.11 Å². The molecule has 29 heavy (non-hydrogen) atoms. The fourth-order valence-corrected chi connectivity index (χ4v) is 5.29. The number of aryl methyl sites for hydroxylation is 1. The van der Waals surface area contributed by atoms with Crippen LogP contribution >= 0.6 is 0 Å². The summed E-state index contributed by atoms with van der Waals surface area (Å²) >= 11 is 0. The second kappa shape index (κ2) is 12.1. The highest BCUT2D eigenvalue weighted by Crippen LogP contribution is 2.35. The lowest BCUT2D eigenvalue weighted by Crippen LogP contribution is -2.50. The van der Waals surface area contributed by atoms with Crippen LogP contribution in [-0.4, -0.2) is 60.3 Å². The minimum Gasteiger partial charge on any atom is -0.390 e. The second-order valence-electron chi connectivity index (χ2n) is 9.76. The molecule has 3 rings (SSSR count). The minimum atomic E-state index is -0.515. The fraction of sp³-hybridized carbons (Fsp3) is 0.769. The molecule has 0 radical (unpaired) electrons. The Balaban J connectivity index is 1.69. The second-order valence-corrected chi connectivity index (χ2v) is 9.76. The monoisotopic (exact) mass is 400 g/mol. The highest BCUT2D eigenvalue weighted by atomic mass is 16.3. The van der Waals surface area contributed by atoms with Gasteiger partial charge in [0.1, 0.15) is 0 Å². The van der Waals surface area contributed by atoms with Crippen LogP contribution in [0, 0.1) is 5.92 Å². The maximum Gasteiger partial charge on any atom is 0.0691 e. The molecule has 0 aromatic heterocycles. The zero-order valence-electron chi connectivity index (χ0n) is 18.8. The van der Waals surface area contributed by atoms with Gasteiger partial charge in [0.05, 0.1) is 5.60 Å². The highest BCUT2D eigenvalue weighted by Gasteiger charge is 2.37. The molecule has 0 spiro atoms. The number of piperazine rings is 1. The van der Waals surface area contributed by atoms with Crippen molar-refractivity contribution in [2.24, 2.45) is 5.92 Å². The van der Waals surface area contributed by atoms with Crippen molar-refractivity contribution in [3.05, 3.63) is 35.9 Å². The molecule has 2 atom stereocenters. The van der Waals surface area contributed by atoms with Gasteiger partial charge in [0.2, 0.25) is 0 Å². The first kappa shape index (κ1) is 22.8. The van der Waals surface area contributed by atoms with Crippen molar-refractivity contribution in [2.75, 3.05) is 39.8 Å². The molecule has 1 heterocycles. The van der Waals surface area contributed by atoms with E-state index in [4.69, 9.17) is 0 Å². The normalized spacial score (nSPS) is 29.1. The van der Waals surface area contributed by atoms with Crippen LogP contribution in [0.25, 0.3) is 0 Å². The van der Waals surface area contributed by atoms with E-state index in [-0.39, 0.29) is 0 Å². The Morgan fingerprint density at radius 2 is 1.48 bits per heavy atom. The van der Waals surface area contributed by atoms with Crippen LogP contribution in [-0.2, 0) is 6.42 Å². The quantitative estimate of drug-likeness (QED) is 0.742. The van der Waals surface area contributed by atoms with Gasteiger partial charge in [-0.1, -0.05) is 81.7 Å². The van der Waals surface area contributed by atoms with Crippen LogP contribution in [0.15, 0.2) is 30.3 Å². The van der Waals surface area contributed by atoms with Crippen LogP contribution in [0.4, 0.5) is 0 Å². The van der Waals surface area contributed by atoms with Crippen molar-refractivity contribution in [3.63, 3.8) is 0 Å². The van der Waals surface area contributed by atoms with Gasteiger partial charge in [-0.2, -0.15) is 0 Å². The predicted octanol–water partition coefficient (Wildman–Crippen LogP) is 5.13. The van der Waals surface area contributed by atoms with Gasteiger partial charge in [0.25, 0.3) is 0 Å². The van der Waals surface area contributed by atoms with Crippen LogP contribution in [0.2, 0.25) is 0 Å². The van der Waals surface area contributed by atoms with Gasteiger partial charge in [-0.15, -0.1) is 0 Å². The summed E-state index contributed by atoms with van der Waals surface area (Å²) < 4.78 is 0. The molecule has 2 unspecified atom stereocenters. The third-order valence-corrected chi connectivity index (χ3v) is 7.44. The number of hydrogen-bond acceptors (Lipinski definition) is 3. The Morgan fingerprint density at radius 3 is 2.17 bits per heavy atom. The summed E-state index contributed by atoms with van der Waals surface area (Å²) in [6.45, 7) is 5.72. The average Bonchev–Trinajstić information content (AvgIpc) is 2.74. The van der Waals surface area contributed by atoms with E-state index in [0.29, 0.717) is 5.92 Å². The molecule has 1 saturated heterocycles. The smallest absolute Gasteiger partial charge is 0.0691 e. The van der Waals surface area contributed by atoms with E-state index in [0.717, 1.165) is 52.0 Å². The van der Waals surface area contributed by atoms with Gasteiger partial charge in [0, 0.05) is 38.6 Å². The van der Waals surface area contributed by atoms with Crippen LogP contribution in [0.1, 0.15) is 76.2 Å². The minimum absolute atomic E-state index is 0.411. The zero-order chi connectivity index (χ0) is 20.4. The molecule has 1 aliphatic carbocycles. The van der Waals surface area contributed by atoms with E-state index in [2.05, 4.69) is 47.2 Å². The van der Waals surface area contributed by atoms with Gasteiger partial charge in [-0.25, -0.2) is 0 Å². The van der Waals surface area contributed by atoms with E-state index in [1.165, 1.54) is 63.4 Å². The lowest BCUT2D eigenvalue weighted by atomic mass is 9.75. The largest absolute Gasteiger partial charge is 0.390 e. The van der Waals surface area contributed by atoms with E-state index >= 15 is 0 Å². The van der Waals surface area contributed by atoms with Crippen molar-refractivity contribution in [2.45, 2.75) is 82.7 Å². The highest BCUT2D eigenvalue weighted by molar-refractivity contribution is 5.15. The number of likely N-dealkylation sites (N-methyl/N-ethyl adjacent to an activating group) is 1. The molecule has 3 heteroatoms. The molecule has 0 bridgehead atoms. The van der Waals surface area contributed by atoms with E-state index in [1.54, 1.807) is 0 Å². The first-order valence-electron chi connectivity index (χ1n) is 12.3. The average molecular weight is 401 g/mol. The number of benzene rings is 1. The molecule has 164 valence electrons. The lowest BCUT2D eigenvalue weighted by Gasteiger charge is -2.42. The summed E-state index contributed by atoms with van der Waals surface area (Å²) in [5.74, 6) is 0.411. The maximum atomic E-state index is 12.0. The van der Waals surface area contributed by atoms with Crippen LogP contribution < -0.4 is 0 Å². The number of rotatable bonds is 5. The summed E-state index contributed by atoms with van der Waals surface area (Å²) in [5.41, 5.74) is 0.851. The molecule has 0 amide bonds. The van der Waals surface area contributed by atoms with Crippen molar-refractivity contribution < 1.29 is 5.11 Å². The molecule has 1 aromatic carbocycles. The van der Waals surface area contributed by atoms with Gasteiger partial charge in [0.15, 0.2) is 0 Å². The van der Waals surface area contributed by atoms with Crippen LogP contribution in [0.5, 0.6) is 0 Å². The first-order chi connectivity index (χ1) is 14.2. The van der Waals surface area contributed by atoms with Gasteiger partial charge in [-0.3, -0.25) is 0 Å². The van der Waals surface area contributed by atoms with Gasteiger partial charge in [-0.05, 0) is 38.3 Å². The fourth-order valence-electron chi connectivity index (χ4n) is 5.29. The number of nitrogens with zero attached hydrogens (tertiary/aromatic N) is 2. The lowest BCUT2D eigenvalue weighted by molar-refractivity contribution is -0.0543. The first-order valence-corrected chi connectivity index (χ1v) is 12.3. The third kappa shape index (κ3) is 7.70. The Labute approximate surface area is 179 Å². The van der Waals surface area contributed by atoms with Gasteiger partial charge < -0.3 is 14.9 Å². The summed E-state index contributed by atoms with van der Waals surface area (Å²) in [6.07, 6.45) is 14.7. The number of aliphatic hydroxyl groups is 1. The topological polar surface area (TPSA) is 26.7 Å². The molecule has 3 nitrogen and oxygen atoms in total. The third-order valence-electron chi connectivity index (χ3n) is 7.44. The Hall–Kier alpha value is -0.900. The molecule has 2 aliphatic rings. The Morgan fingerprint density at radius 1 is 0.862 bits per heavy atom. The van der Waals surface area contributed by atoms with Gasteiger partial charge >= 0.3 is 0 Å².